The van der Waals surface area contributed by atoms with Gasteiger partial charge < -0.3 is 0 Å². The van der Waals surface area contributed by atoms with Crippen LogP contribution in [0.5, 0.6) is 0 Å². The molecule has 3 heteroatoms. The Morgan fingerprint density at radius 3 is 1.56 bits per heavy atom. The van der Waals surface area contributed by atoms with E-state index >= 15 is 0 Å². The topological polar surface area (TPSA) is 0 Å². The largest absolute Gasteiger partial charge is 0.113 e. The van der Waals surface area contributed by atoms with Crippen LogP contribution < -0.4 is 0 Å². The Kier molecular flexibility index (Phi) is 5.59. The molecule has 3 aliphatic rings. The molecule has 2 unspecified atom stereocenters. The van der Waals surface area contributed by atoms with Gasteiger partial charge in [-0.15, -0.1) is 23.2 Å². The maximum absolute atomic E-state index is 7.03. The predicted octanol–water partition coefficient (Wildman–Crippen LogP) is 7.69. The first-order valence-electron chi connectivity index (χ1n) is 9.61. The van der Waals surface area contributed by atoms with Crippen LogP contribution in [-0.2, 0) is 26.2 Å². The van der Waals surface area contributed by atoms with Crippen LogP contribution in [0.4, 0.5) is 0 Å². The van der Waals surface area contributed by atoms with Gasteiger partial charge in [0.25, 0.3) is 0 Å². The van der Waals surface area contributed by atoms with Crippen LogP contribution in [0.15, 0.2) is 59.7 Å². The van der Waals surface area contributed by atoms with Crippen molar-refractivity contribution >= 4 is 35.4 Å². The van der Waals surface area contributed by atoms with Crippen molar-refractivity contribution in [2.24, 2.45) is 5.41 Å². The number of benzene rings is 2. The molecule has 0 bridgehead atoms. The summed E-state index contributed by atoms with van der Waals surface area (Å²) in [4.78, 5) is 0. The SMILES string of the molecule is ClC1C(C2(C3=Cc4ccccc4C3Cl)CCCCC2)=Cc2ccccc21.[Zr]. The minimum atomic E-state index is -0.0437. The predicted molar refractivity (Wildman–Crippen MR) is 112 cm³/mol. The van der Waals surface area contributed by atoms with Gasteiger partial charge in [-0.3, -0.25) is 0 Å². The molecule has 0 radical (unpaired) electrons. The number of rotatable bonds is 2. The molecule has 0 saturated heterocycles. The molecular formula is C24H22Cl2Zr. The quantitative estimate of drug-likeness (QED) is 0.393. The van der Waals surface area contributed by atoms with Crippen LogP contribution >= 0.6 is 23.2 Å². The summed E-state index contributed by atoms with van der Waals surface area (Å²) in [6.45, 7) is 0. The number of halogens is 2. The molecule has 2 aromatic rings. The first-order chi connectivity index (χ1) is 12.7. The molecule has 0 aromatic heterocycles. The van der Waals surface area contributed by atoms with E-state index in [-0.39, 0.29) is 42.4 Å². The van der Waals surface area contributed by atoms with Gasteiger partial charge in [0, 0.05) is 31.6 Å². The van der Waals surface area contributed by atoms with Gasteiger partial charge >= 0.3 is 0 Å². The van der Waals surface area contributed by atoms with Crippen molar-refractivity contribution in [2.75, 3.05) is 0 Å². The van der Waals surface area contributed by atoms with Crippen molar-refractivity contribution in [1.82, 2.24) is 0 Å². The summed E-state index contributed by atoms with van der Waals surface area (Å²) in [6, 6.07) is 17.1. The van der Waals surface area contributed by atoms with E-state index in [2.05, 4.69) is 60.7 Å². The van der Waals surface area contributed by atoms with Crippen LogP contribution in [0, 0.1) is 5.41 Å². The molecule has 0 amide bonds. The number of alkyl halides is 2. The number of hydrogen-bond acceptors (Lipinski definition) is 0. The second-order valence-corrected chi connectivity index (χ2v) is 8.70. The third-order valence-corrected chi connectivity index (χ3v) is 7.46. The molecule has 0 N–H and O–H groups in total. The van der Waals surface area contributed by atoms with Gasteiger partial charge in [-0.25, -0.2) is 0 Å². The summed E-state index contributed by atoms with van der Waals surface area (Å²) in [5.74, 6) is 0. The van der Waals surface area contributed by atoms with E-state index in [4.69, 9.17) is 23.2 Å². The molecule has 1 fully saturated rings. The number of allylic oxidation sites excluding steroid dienone is 2. The average molecular weight is 473 g/mol. The minimum Gasteiger partial charge on any atom is -0.113 e. The van der Waals surface area contributed by atoms with Gasteiger partial charge in [-0.2, -0.15) is 0 Å². The molecule has 5 rings (SSSR count). The molecule has 0 spiro atoms. The molecule has 0 heterocycles. The normalized spacial score (nSPS) is 25.1. The summed E-state index contributed by atoms with van der Waals surface area (Å²) < 4.78 is 0. The molecule has 2 atom stereocenters. The third kappa shape index (κ3) is 3.06. The van der Waals surface area contributed by atoms with Crippen molar-refractivity contribution in [3.8, 4) is 0 Å². The fourth-order valence-corrected chi connectivity index (χ4v) is 6.16. The zero-order chi connectivity index (χ0) is 17.7. The van der Waals surface area contributed by atoms with E-state index in [9.17, 15) is 0 Å². The first-order valence-corrected chi connectivity index (χ1v) is 10.5. The van der Waals surface area contributed by atoms with Crippen LogP contribution in [0.2, 0.25) is 0 Å². The van der Waals surface area contributed by atoms with Crippen LogP contribution in [-0.4, -0.2) is 0 Å². The molecule has 3 aliphatic carbocycles. The summed E-state index contributed by atoms with van der Waals surface area (Å²) in [5, 5.41) is -0.0874. The van der Waals surface area contributed by atoms with Crippen molar-refractivity contribution in [2.45, 2.75) is 42.9 Å². The Morgan fingerprint density at radius 1 is 0.667 bits per heavy atom. The van der Waals surface area contributed by atoms with E-state index in [1.165, 1.54) is 52.7 Å². The second-order valence-electron chi connectivity index (χ2n) is 7.83. The maximum Gasteiger partial charge on any atom is 0.0813 e. The third-order valence-electron chi connectivity index (χ3n) is 6.52. The maximum atomic E-state index is 7.03. The number of fused-ring (bicyclic) bond motifs is 2. The fourth-order valence-electron chi connectivity index (χ4n) is 5.22. The smallest absolute Gasteiger partial charge is 0.0813 e. The molecule has 136 valence electrons. The van der Waals surface area contributed by atoms with Gasteiger partial charge in [0.2, 0.25) is 0 Å². The Labute approximate surface area is 190 Å². The van der Waals surface area contributed by atoms with Crippen LogP contribution in [0.1, 0.15) is 65.1 Å². The molecular weight excluding hydrogens is 450 g/mol. The Hall–Kier alpha value is -0.617. The Morgan fingerprint density at radius 2 is 1.11 bits per heavy atom. The summed E-state index contributed by atoms with van der Waals surface area (Å²) in [6.07, 6.45) is 10.8. The molecule has 2 aromatic carbocycles. The zero-order valence-electron chi connectivity index (χ0n) is 15.2. The summed E-state index contributed by atoms with van der Waals surface area (Å²) in [5.41, 5.74) is 7.77. The van der Waals surface area contributed by atoms with Crippen LogP contribution in [0.25, 0.3) is 12.2 Å². The molecule has 0 nitrogen and oxygen atoms in total. The van der Waals surface area contributed by atoms with Crippen molar-refractivity contribution < 1.29 is 26.2 Å². The second kappa shape index (κ2) is 7.66. The van der Waals surface area contributed by atoms with E-state index in [1.807, 2.05) is 0 Å². The van der Waals surface area contributed by atoms with Gasteiger partial charge in [0.15, 0.2) is 0 Å². The Balaban J connectivity index is 0.00000180. The van der Waals surface area contributed by atoms with E-state index in [1.54, 1.807) is 0 Å². The van der Waals surface area contributed by atoms with Crippen LogP contribution in [0.3, 0.4) is 0 Å². The summed E-state index contributed by atoms with van der Waals surface area (Å²) in [7, 11) is 0. The van der Waals surface area contributed by atoms with Gasteiger partial charge in [-0.1, -0.05) is 79.9 Å². The number of hydrogen-bond donors (Lipinski definition) is 0. The standard InChI is InChI=1S/C24H22Cl2.Zr/c25-22-18-10-4-2-8-16(18)14-20(22)24(12-6-1-7-13-24)21-15-17-9-3-5-11-19(17)23(21)26;/h2-5,8-11,14-15,22-23H,1,6-7,12-13H2;. The molecule has 27 heavy (non-hydrogen) atoms. The van der Waals surface area contributed by atoms with Gasteiger partial charge in [0.05, 0.1) is 10.8 Å². The zero-order valence-corrected chi connectivity index (χ0v) is 19.2. The van der Waals surface area contributed by atoms with E-state index < -0.39 is 0 Å². The monoisotopic (exact) mass is 470 g/mol. The van der Waals surface area contributed by atoms with Crippen molar-refractivity contribution in [3.05, 3.63) is 81.9 Å². The fraction of sp³-hybridized carbons (Fsp3) is 0.333. The van der Waals surface area contributed by atoms with E-state index in [0.29, 0.717) is 0 Å². The van der Waals surface area contributed by atoms with Gasteiger partial charge in [-0.05, 0) is 46.2 Å². The summed E-state index contributed by atoms with van der Waals surface area (Å²) >= 11 is 14.1. The Bertz CT molecular complexity index is 852. The molecule has 0 aliphatic heterocycles. The van der Waals surface area contributed by atoms with Crippen molar-refractivity contribution in [1.29, 1.82) is 0 Å². The molecule has 1 saturated carbocycles. The average Bonchev–Trinajstić information content (AvgIpc) is 3.21. The van der Waals surface area contributed by atoms with E-state index in [0.717, 1.165) is 12.8 Å². The minimum absolute atomic E-state index is 0. The van der Waals surface area contributed by atoms with Crippen molar-refractivity contribution in [3.63, 3.8) is 0 Å². The first kappa shape index (κ1) is 19.7. The van der Waals surface area contributed by atoms with Gasteiger partial charge in [0.1, 0.15) is 0 Å².